The molecule has 1 aliphatic rings. The van der Waals surface area contributed by atoms with E-state index in [0.29, 0.717) is 29.0 Å². The van der Waals surface area contributed by atoms with Crippen LogP contribution in [0.2, 0.25) is 0 Å². The molecule has 2 aromatic rings. The number of benzene rings is 2. The van der Waals surface area contributed by atoms with Crippen LogP contribution in [-0.2, 0) is 0 Å². The predicted molar refractivity (Wildman–Crippen MR) is 80.0 cm³/mol. The Morgan fingerprint density at radius 1 is 1.24 bits per heavy atom. The Kier molecular flexibility index (Phi) is 3.87. The number of fused-ring (bicyclic) bond motifs is 1. The number of aliphatic hydroxyl groups is 1. The van der Waals surface area contributed by atoms with Crippen LogP contribution in [-0.4, -0.2) is 12.2 Å². The lowest BCUT2D eigenvalue weighted by molar-refractivity contribution is 0.0650. The van der Waals surface area contributed by atoms with Crippen molar-refractivity contribution in [2.45, 2.75) is 18.6 Å². The lowest BCUT2D eigenvalue weighted by Gasteiger charge is -2.30. The monoisotopic (exact) mass is 352 g/mol. The van der Waals surface area contributed by atoms with Crippen molar-refractivity contribution in [3.8, 4) is 11.5 Å². The molecule has 1 heterocycles. The molecule has 0 radical (unpaired) electrons. The molecule has 3 rings (SSSR count). The third kappa shape index (κ3) is 2.76. The van der Waals surface area contributed by atoms with Crippen molar-refractivity contribution < 1.29 is 19.0 Å². The van der Waals surface area contributed by atoms with E-state index < -0.39 is 12.2 Å². The molecule has 0 amide bonds. The highest BCUT2D eigenvalue weighted by Gasteiger charge is 2.29. The molecule has 0 fully saturated rings. The molecule has 0 saturated heterocycles. The molecule has 0 aromatic heterocycles. The third-order valence-corrected chi connectivity index (χ3v) is 4.31. The SMILES string of the molecule is COc1ccc2c(c1)C(O)CC(c1cc(F)ccc1Br)O2. The fourth-order valence-electron chi connectivity index (χ4n) is 2.50. The zero-order valence-electron chi connectivity index (χ0n) is 11.3. The summed E-state index contributed by atoms with van der Waals surface area (Å²) < 4.78 is 25.3. The number of methoxy groups -OCH3 is 1. The molecule has 2 atom stereocenters. The summed E-state index contributed by atoms with van der Waals surface area (Å²) in [5.41, 5.74) is 1.38. The highest BCUT2D eigenvalue weighted by molar-refractivity contribution is 9.10. The van der Waals surface area contributed by atoms with Crippen molar-refractivity contribution in [3.05, 3.63) is 57.8 Å². The molecular formula is C16H14BrFO3. The largest absolute Gasteiger partial charge is 0.497 e. The molecule has 3 nitrogen and oxygen atoms in total. The van der Waals surface area contributed by atoms with Crippen LogP contribution in [0.15, 0.2) is 40.9 Å². The number of ether oxygens (including phenoxy) is 2. The second-order valence-corrected chi connectivity index (χ2v) is 5.78. The molecule has 0 spiro atoms. The summed E-state index contributed by atoms with van der Waals surface area (Å²) >= 11 is 3.40. The van der Waals surface area contributed by atoms with E-state index in [1.54, 1.807) is 31.4 Å². The maximum absolute atomic E-state index is 13.4. The van der Waals surface area contributed by atoms with Crippen LogP contribution >= 0.6 is 15.9 Å². The van der Waals surface area contributed by atoms with Gasteiger partial charge in [0.2, 0.25) is 0 Å². The van der Waals surface area contributed by atoms with Crippen LogP contribution in [0.1, 0.15) is 29.8 Å². The summed E-state index contributed by atoms with van der Waals surface area (Å²) in [6, 6.07) is 9.74. The van der Waals surface area contributed by atoms with Gasteiger partial charge >= 0.3 is 0 Å². The van der Waals surface area contributed by atoms with Crippen LogP contribution in [0.5, 0.6) is 11.5 Å². The lowest BCUT2D eigenvalue weighted by Crippen LogP contribution is -2.19. The van der Waals surface area contributed by atoms with Crippen molar-refractivity contribution in [1.29, 1.82) is 0 Å². The molecule has 0 aliphatic carbocycles. The smallest absolute Gasteiger partial charge is 0.128 e. The topological polar surface area (TPSA) is 38.7 Å². The third-order valence-electron chi connectivity index (χ3n) is 3.59. The molecule has 1 N–H and O–H groups in total. The lowest BCUT2D eigenvalue weighted by atomic mass is 9.95. The van der Waals surface area contributed by atoms with Gasteiger partial charge in [-0.15, -0.1) is 0 Å². The molecular weight excluding hydrogens is 339 g/mol. The molecule has 2 aromatic carbocycles. The van der Waals surface area contributed by atoms with E-state index in [2.05, 4.69) is 15.9 Å². The second-order valence-electron chi connectivity index (χ2n) is 4.93. The van der Waals surface area contributed by atoms with Gasteiger partial charge in [0.1, 0.15) is 23.4 Å². The van der Waals surface area contributed by atoms with Crippen molar-refractivity contribution >= 4 is 15.9 Å². The van der Waals surface area contributed by atoms with Gasteiger partial charge in [-0.25, -0.2) is 4.39 Å². The molecule has 0 saturated carbocycles. The minimum atomic E-state index is -0.677. The maximum Gasteiger partial charge on any atom is 0.128 e. The van der Waals surface area contributed by atoms with Gasteiger partial charge in [0.15, 0.2) is 0 Å². The van der Waals surface area contributed by atoms with E-state index in [1.807, 2.05) is 0 Å². The number of hydrogen-bond donors (Lipinski definition) is 1. The van der Waals surface area contributed by atoms with E-state index in [0.717, 1.165) is 4.47 Å². The first-order valence-corrected chi connectivity index (χ1v) is 7.35. The van der Waals surface area contributed by atoms with Crippen LogP contribution in [0.25, 0.3) is 0 Å². The van der Waals surface area contributed by atoms with Gasteiger partial charge in [-0.05, 0) is 36.4 Å². The van der Waals surface area contributed by atoms with E-state index in [4.69, 9.17) is 9.47 Å². The normalized spacial score (nSPS) is 20.6. The first kappa shape index (κ1) is 14.4. The van der Waals surface area contributed by atoms with E-state index >= 15 is 0 Å². The zero-order valence-corrected chi connectivity index (χ0v) is 12.9. The second kappa shape index (κ2) is 5.66. The Morgan fingerprint density at radius 3 is 2.81 bits per heavy atom. The molecule has 0 bridgehead atoms. The number of aliphatic hydroxyl groups excluding tert-OH is 1. The summed E-state index contributed by atoms with van der Waals surface area (Å²) in [4.78, 5) is 0. The van der Waals surface area contributed by atoms with Gasteiger partial charge in [-0.3, -0.25) is 0 Å². The number of rotatable bonds is 2. The van der Waals surface area contributed by atoms with Crippen molar-refractivity contribution in [1.82, 2.24) is 0 Å². The van der Waals surface area contributed by atoms with E-state index in [-0.39, 0.29) is 5.82 Å². The predicted octanol–water partition coefficient (Wildman–Crippen LogP) is 4.15. The zero-order chi connectivity index (χ0) is 15.0. The Bertz CT molecular complexity index is 675. The summed E-state index contributed by atoms with van der Waals surface area (Å²) in [6.45, 7) is 0. The summed E-state index contributed by atoms with van der Waals surface area (Å²) in [5.74, 6) is 0.935. The average Bonchev–Trinajstić information content (AvgIpc) is 2.49. The molecule has 110 valence electrons. The van der Waals surface area contributed by atoms with Gasteiger partial charge in [-0.1, -0.05) is 15.9 Å². The summed E-state index contributed by atoms with van der Waals surface area (Å²) in [6.07, 6.45) is -0.711. The number of halogens is 2. The Balaban J connectivity index is 1.96. The Morgan fingerprint density at radius 2 is 2.05 bits per heavy atom. The van der Waals surface area contributed by atoms with Gasteiger partial charge in [0, 0.05) is 22.0 Å². The van der Waals surface area contributed by atoms with Crippen molar-refractivity contribution in [3.63, 3.8) is 0 Å². The molecule has 5 heteroatoms. The maximum atomic E-state index is 13.4. The first-order chi connectivity index (χ1) is 10.1. The van der Waals surface area contributed by atoms with E-state index in [1.165, 1.54) is 12.1 Å². The van der Waals surface area contributed by atoms with Crippen molar-refractivity contribution in [2.24, 2.45) is 0 Å². The van der Waals surface area contributed by atoms with Crippen LogP contribution in [0, 0.1) is 5.82 Å². The minimum Gasteiger partial charge on any atom is -0.497 e. The standard InChI is InChI=1S/C16H14BrFO3/c1-20-10-3-5-15-12(7-10)14(19)8-16(21-15)11-6-9(18)2-4-13(11)17/h2-7,14,16,19H,8H2,1H3. The van der Waals surface area contributed by atoms with Crippen molar-refractivity contribution in [2.75, 3.05) is 7.11 Å². The number of hydrogen-bond acceptors (Lipinski definition) is 3. The first-order valence-electron chi connectivity index (χ1n) is 6.56. The van der Waals surface area contributed by atoms with Crippen LogP contribution in [0.4, 0.5) is 4.39 Å². The Hall–Kier alpha value is -1.59. The van der Waals surface area contributed by atoms with Gasteiger partial charge < -0.3 is 14.6 Å². The van der Waals surface area contributed by atoms with Crippen LogP contribution in [0.3, 0.4) is 0 Å². The van der Waals surface area contributed by atoms with Gasteiger partial charge in [0.25, 0.3) is 0 Å². The molecule has 2 unspecified atom stereocenters. The molecule has 1 aliphatic heterocycles. The molecule has 21 heavy (non-hydrogen) atoms. The minimum absolute atomic E-state index is 0.327. The Labute approximate surface area is 130 Å². The quantitative estimate of drug-likeness (QED) is 0.882. The van der Waals surface area contributed by atoms with Gasteiger partial charge in [0.05, 0.1) is 13.2 Å². The van der Waals surface area contributed by atoms with E-state index in [9.17, 15) is 9.50 Å². The summed E-state index contributed by atoms with van der Waals surface area (Å²) in [7, 11) is 1.57. The van der Waals surface area contributed by atoms with Crippen LogP contribution < -0.4 is 9.47 Å². The highest BCUT2D eigenvalue weighted by atomic mass is 79.9. The highest BCUT2D eigenvalue weighted by Crippen LogP contribution is 2.43. The fraction of sp³-hybridized carbons (Fsp3) is 0.250. The average molecular weight is 353 g/mol. The summed E-state index contributed by atoms with van der Waals surface area (Å²) in [5, 5.41) is 10.3. The fourth-order valence-corrected chi connectivity index (χ4v) is 3.01. The van der Waals surface area contributed by atoms with Gasteiger partial charge in [-0.2, -0.15) is 0 Å².